The molecule has 1 aromatic carbocycles. The lowest BCUT2D eigenvalue weighted by atomic mass is 10.2. The highest BCUT2D eigenvalue weighted by Gasteiger charge is 2.11. The number of hydrogen-bond acceptors (Lipinski definition) is 5. The summed E-state index contributed by atoms with van der Waals surface area (Å²) in [7, 11) is 1.62. The predicted molar refractivity (Wildman–Crippen MR) is 81.3 cm³/mol. The maximum absolute atomic E-state index is 13.5. The molecular formula is C15H16F2N4O2. The maximum atomic E-state index is 13.5. The van der Waals surface area contributed by atoms with Gasteiger partial charge in [-0.3, -0.25) is 4.79 Å². The van der Waals surface area contributed by atoms with Crippen molar-refractivity contribution in [2.45, 2.75) is 6.42 Å². The molecule has 1 amide bonds. The van der Waals surface area contributed by atoms with Crippen LogP contribution in [0.5, 0.6) is 0 Å². The predicted octanol–water partition coefficient (Wildman–Crippen LogP) is 2.46. The van der Waals surface area contributed by atoms with Crippen LogP contribution in [0.4, 0.5) is 20.4 Å². The molecule has 1 aromatic heterocycles. The first-order valence-corrected chi connectivity index (χ1v) is 6.91. The van der Waals surface area contributed by atoms with Gasteiger partial charge in [-0.25, -0.2) is 18.7 Å². The molecule has 0 radical (unpaired) electrons. The number of nitrogens with one attached hydrogen (secondary N) is 2. The Hall–Kier alpha value is -2.61. The number of carbonyl (C=O) groups is 1. The molecule has 0 spiro atoms. The highest BCUT2D eigenvalue weighted by molar-refractivity contribution is 6.03. The number of nitrogens with zero attached hydrogens (tertiary/aromatic N) is 2. The van der Waals surface area contributed by atoms with E-state index in [0.29, 0.717) is 25.2 Å². The molecule has 0 unspecified atom stereocenters. The maximum Gasteiger partial charge on any atom is 0.258 e. The summed E-state index contributed by atoms with van der Waals surface area (Å²) in [4.78, 5) is 20.0. The zero-order chi connectivity index (χ0) is 16.7. The van der Waals surface area contributed by atoms with Gasteiger partial charge in [-0.05, 0) is 18.6 Å². The Bertz CT molecular complexity index is 665. The molecule has 0 saturated carbocycles. The summed E-state index contributed by atoms with van der Waals surface area (Å²) in [5, 5.41) is 5.31. The average Bonchev–Trinajstić information content (AvgIpc) is 2.55. The summed E-state index contributed by atoms with van der Waals surface area (Å²) < 4.78 is 31.2. The number of methoxy groups -OCH3 is 1. The van der Waals surface area contributed by atoms with Gasteiger partial charge in [0.25, 0.3) is 5.91 Å². The Morgan fingerprint density at radius 2 is 2.00 bits per heavy atom. The molecule has 8 heteroatoms. The summed E-state index contributed by atoms with van der Waals surface area (Å²) >= 11 is 0. The van der Waals surface area contributed by atoms with Crippen LogP contribution in [-0.4, -0.2) is 36.1 Å². The average molecular weight is 322 g/mol. The van der Waals surface area contributed by atoms with Crippen molar-refractivity contribution in [3.8, 4) is 0 Å². The van der Waals surface area contributed by atoms with Gasteiger partial charge in [0.15, 0.2) is 0 Å². The van der Waals surface area contributed by atoms with Gasteiger partial charge in [0.05, 0.1) is 11.3 Å². The molecule has 0 bridgehead atoms. The lowest BCUT2D eigenvalue weighted by Gasteiger charge is -2.07. The number of anilines is 2. The molecule has 1 heterocycles. The molecule has 6 nitrogen and oxygen atoms in total. The first-order chi connectivity index (χ1) is 11.1. The summed E-state index contributed by atoms with van der Waals surface area (Å²) in [6.07, 6.45) is 3.44. The summed E-state index contributed by atoms with van der Waals surface area (Å²) in [6.45, 7) is 1.26. The molecule has 0 aliphatic rings. The van der Waals surface area contributed by atoms with Crippen LogP contribution >= 0.6 is 0 Å². The van der Waals surface area contributed by atoms with E-state index in [1.54, 1.807) is 7.11 Å². The van der Waals surface area contributed by atoms with Gasteiger partial charge in [0.1, 0.15) is 11.6 Å². The van der Waals surface area contributed by atoms with E-state index in [1.807, 2.05) is 0 Å². The number of benzene rings is 1. The molecular weight excluding hydrogens is 306 g/mol. The molecule has 0 aliphatic carbocycles. The second kappa shape index (κ2) is 8.14. The first-order valence-electron chi connectivity index (χ1n) is 6.91. The van der Waals surface area contributed by atoms with Gasteiger partial charge in [-0.1, -0.05) is 0 Å². The summed E-state index contributed by atoms with van der Waals surface area (Å²) in [6, 6.07) is 2.90. The largest absolute Gasteiger partial charge is 0.385 e. The number of carbonyl (C=O) groups excluding carboxylic acids is 1. The van der Waals surface area contributed by atoms with Gasteiger partial charge in [-0.2, -0.15) is 0 Å². The van der Waals surface area contributed by atoms with Crippen molar-refractivity contribution in [2.75, 3.05) is 30.9 Å². The summed E-state index contributed by atoms with van der Waals surface area (Å²) in [5.74, 6) is -1.77. The molecule has 0 atom stereocenters. The van der Waals surface area contributed by atoms with Crippen molar-refractivity contribution >= 4 is 17.5 Å². The Morgan fingerprint density at radius 3 is 2.65 bits per heavy atom. The second-order valence-electron chi connectivity index (χ2n) is 4.65. The third-order valence-corrected chi connectivity index (χ3v) is 2.90. The van der Waals surface area contributed by atoms with Gasteiger partial charge >= 0.3 is 0 Å². The number of amides is 1. The molecule has 2 rings (SSSR count). The van der Waals surface area contributed by atoms with Crippen molar-refractivity contribution < 1.29 is 18.3 Å². The Kier molecular flexibility index (Phi) is 5.93. The van der Waals surface area contributed by atoms with Crippen molar-refractivity contribution in [3.05, 3.63) is 47.8 Å². The fourth-order valence-corrected chi connectivity index (χ4v) is 1.74. The minimum Gasteiger partial charge on any atom is -0.385 e. The number of hydrogen-bond donors (Lipinski definition) is 2. The van der Waals surface area contributed by atoms with E-state index in [-0.39, 0.29) is 11.3 Å². The third-order valence-electron chi connectivity index (χ3n) is 2.90. The van der Waals surface area contributed by atoms with Crippen LogP contribution in [0.2, 0.25) is 0 Å². The smallest absolute Gasteiger partial charge is 0.258 e. The second-order valence-corrected chi connectivity index (χ2v) is 4.65. The first kappa shape index (κ1) is 16.8. The monoisotopic (exact) mass is 322 g/mol. The van der Waals surface area contributed by atoms with E-state index >= 15 is 0 Å². The van der Waals surface area contributed by atoms with E-state index in [9.17, 15) is 13.6 Å². The molecule has 2 aromatic rings. The summed E-state index contributed by atoms with van der Waals surface area (Å²) in [5.41, 5.74) is 0.0503. The molecule has 0 fully saturated rings. The van der Waals surface area contributed by atoms with Crippen LogP contribution in [0.1, 0.15) is 16.8 Å². The minimum atomic E-state index is -0.851. The lowest BCUT2D eigenvalue weighted by molar-refractivity contribution is 0.102. The molecule has 2 N–H and O–H groups in total. The van der Waals surface area contributed by atoms with Crippen molar-refractivity contribution in [1.82, 2.24) is 9.97 Å². The van der Waals surface area contributed by atoms with Gasteiger partial charge < -0.3 is 15.4 Å². The highest BCUT2D eigenvalue weighted by atomic mass is 19.1. The SMILES string of the molecule is COCCCNc1ncc(C(=O)Nc2ccc(F)cc2F)cn1. The number of ether oxygens (including phenoxy) is 1. The molecule has 23 heavy (non-hydrogen) atoms. The van der Waals surface area contributed by atoms with Crippen LogP contribution in [-0.2, 0) is 4.74 Å². The number of rotatable bonds is 7. The van der Waals surface area contributed by atoms with E-state index in [4.69, 9.17) is 4.74 Å². The molecule has 0 saturated heterocycles. The fourth-order valence-electron chi connectivity index (χ4n) is 1.74. The Balaban J connectivity index is 1.94. The lowest BCUT2D eigenvalue weighted by Crippen LogP contribution is -2.15. The van der Waals surface area contributed by atoms with E-state index < -0.39 is 17.5 Å². The topological polar surface area (TPSA) is 76.1 Å². The van der Waals surface area contributed by atoms with Crippen molar-refractivity contribution in [3.63, 3.8) is 0 Å². The van der Waals surface area contributed by atoms with Crippen LogP contribution < -0.4 is 10.6 Å². The third kappa shape index (κ3) is 4.96. The quantitative estimate of drug-likeness (QED) is 0.766. The Labute approximate surface area is 131 Å². The van der Waals surface area contributed by atoms with Gasteiger partial charge in [0, 0.05) is 38.7 Å². The highest BCUT2D eigenvalue weighted by Crippen LogP contribution is 2.16. The van der Waals surface area contributed by atoms with Gasteiger partial charge in [-0.15, -0.1) is 0 Å². The molecule has 122 valence electrons. The zero-order valence-corrected chi connectivity index (χ0v) is 12.5. The van der Waals surface area contributed by atoms with Crippen LogP contribution in [0.3, 0.4) is 0 Å². The van der Waals surface area contributed by atoms with Crippen molar-refractivity contribution in [1.29, 1.82) is 0 Å². The molecule has 0 aliphatic heterocycles. The minimum absolute atomic E-state index is 0.113. The normalized spacial score (nSPS) is 10.4. The van der Waals surface area contributed by atoms with Crippen molar-refractivity contribution in [2.24, 2.45) is 0 Å². The van der Waals surface area contributed by atoms with E-state index in [1.165, 1.54) is 12.4 Å². The fraction of sp³-hybridized carbons (Fsp3) is 0.267. The number of aromatic nitrogens is 2. The Morgan fingerprint density at radius 1 is 1.26 bits per heavy atom. The van der Waals surface area contributed by atoms with Crippen LogP contribution in [0, 0.1) is 11.6 Å². The van der Waals surface area contributed by atoms with Gasteiger partial charge in [0.2, 0.25) is 5.95 Å². The number of halogens is 2. The van der Waals surface area contributed by atoms with Crippen LogP contribution in [0.15, 0.2) is 30.6 Å². The van der Waals surface area contributed by atoms with Crippen LogP contribution in [0.25, 0.3) is 0 Å². The standard InChI is InChI=1S/C15H16F2N4O2/c1-23-6-2-5-18-15-19-8-10(9-20-15)14(22)21-13-4-3-11(16)7-12(13)17/h3-4,7-9H,2,5-6H2,1H3,(H,21,22)(H,18,19,20). The van der Waals surface area contributed by atoms with E-state index in [0.717, 1.165) is 18.6 Å². The zero-order valence-electron chi connectivity index (χ0n) is 12.5. The van der Waals surface area contributed by atoms with E-state index in [2.05, 4.69) is 20.6 Å².